The average molecular weight is 328 g/mol. The van der Waals surface area contributed by atoms with E-state index >= 15 is 0 Å². The molecule has 0 amide bonds. The number of rotatable bonds is 4. The minimum absolute atomic E-state index is 0.0243. The van der Waals surface area contributed by atoms with Gasteiger partial charge in [-0.2, -0.15) is 5.26 Å². The Morgan fingerprint density at radius 1 is 1.52 bits per heavy atom. The van der Waals surface area contributed by atoms with Gasteiger partial charge < -0.3 is 5.32 Å². The molecule has 1 fully saturated rings. The monoisotopic (exact) mass is 327 g/mol. The summed E-state index contributed by atoms with van der Waals surface area (Å²) in [5, 5.41) is 12.7. The first kappa shape index (κ1) is 16.2. The van der Waals surface area contributed by atoms with Crippen molar-refractivity contribution in [2.75, 3.05) is 26.7 Å². The van der Waals surface area contributed by atoms with Gasteiger partial charge >= 0.3 is 0 Å². The van der Waals surface area contributed by atoms with Crippen LogP contribution in [0, 0.1) is 17.2 Å². The Morgan fingerprint density at radius 3 is 2.90 bits per heavy atom. The van der Waals surface area contributed by atoms with Crippen molar-refractivity contribution in [3.8, 4) is 6.07 Å². The molecule has 0 bridgehead atoms. The third-order valence-electron chi connectivity index (χ3n) is 3.67. The van der Waals surface area contributed by atoms with E-state index in [1.54, 1.807) is 7.05 Å². The topological polar surface area (TPSA) is 73.2 Å². The fourth-order valence-electron chi connectivity index (χ4n) is 2.51. The number of hydrogen-bond acceptors (Lipinski definition) is 4. The summed E-state index contributed by atoms with van der Waals surface area (Å²) >= 11 is 5.87. The van der Waals surface area contributed by atoms with Gasteiger partial charge in [-0.1, -0.05) is 11.6 Å². The Morgan fingerprint density at radius 2 is 2.29 bits per heavy atom. The molecule has 1 atom stereocenters. The Kier molecular flexibility index (Phi) is 5.22. The summed E-state index contributed by atoms with van der Waals surface area (Å²) in [5.74, 6) is 0.295. The molecule has 1 heterocycles. The van der Waals surface area contributed by atoms with Gasteiger partial charge in [0.2, 0.25) is 10.0 Å². The van der Waals surface area contributed by atoms with Gasteiger partial charge in [-0.05, 0) is 50.0 Å². The molecule has 1 aliphatic heterocycles. The highest BCUT2D eigenvalue weighted by Crippen LogP contribution is 2.24. The van der Waals surface area contributed by atoms with Crippen LogP contribution in [0.3, 0.4) is 0 Å². The van der Waals surface area contributed by atoms with E-state index in [-0.39, 0.29) is 10.5 Å². The van der Waals surface area contributed by atoms with Gasteiger partial charge in [-0.25, -0.2) is 12.7 Å². The van der Waals surface area contributed by atoms with Crippen LogP contribution in [0.15, 0.2) is 23.1 Å². The lowest BCUT2D eigenvalue weighted by Crippen LogP contribution is -2.39. The van der Waals surface area contributed by atoms with Crippen LogP contribution in [-0.4, -0.2) is 39.4 Å². The third kappa shape index (κ3) is 3.74. The maximum Gasteiger partial charge on any atom is 0.244 e. The van der Waals surface area contributed by atoms with Gasteiger partial charge in [0.05, 0.1) is 5.56 Å². The Balaban J connectivity index is 2.24. The fraction of sp³-hybridized carbons (Fsp3) is 0.500. The molecule has 0 aliphatic carbocycles. The zero-order valence-electron chi connectivity index (χ0n) is 11.8. The summed E-state index contributed by atoms with van der Waals surface area (Å²) in [5.41, 5.74) is 0.119. The van der Waals surface area contributed by atoms with Gasteiger partial charge in [0.25, 0.3) is 0 Å². The maximum atomic E-state index is 12.6. The second-order valence-electron chi connectivity index (χ2n) is 5.25. The number of nitriles is 1. The molecular weight excluding hydrogens is 310 g/mol. The zero-order valence-corrected chi connectivity index (χ0v) is 13.4. The summed E-state index contributed by atoms with van der Waals surface area (Å²) in [7, 11) is -2.16. The molecule has 1 aliphatic rings. The molecule has 1 N–H and O–H groups in total. The van der Waals surface area contributed by atoms with Gasteiger partial charge in [-0.15, -0.1) is 0 Å². The maximum absolute atomic E-state index is 12.6. The molecule has 5 nitrogen and oxygen atoms in total. The largest absolute Gasteiger partial charge is 0.316 e. The van der Waals surface area contributed by atoms with Crippen molar-refractivity contribution in [2.24, 2.45) is 5.92 Å². The van der Waals surface area contributed by atoms with Crippen LogP contribution in [0.4, 0.5) is 0 Å². The van der Waals surface area contributed by atoms with Crippen LogP contribution in [0.25, 0.3) is 0 Å². The van der Waals surface area contributed by atoms with Crippen molar-refractivity contribution >= 4 is 21.6 Å². The van der Waals surface area contributed by atoms with E-state index in [0.717, 1.165) is 25.9 Å². The summed E-state index contributed by atoms with van der Waals surface area (Å²) in [6.45, 7) is 2.24. The highest BCUT2D eigenvalue weighted by molar-refractivity contribution is 7.89. The SMILES string of the molecule is CN(CC1CCCNC1)S(=O)(=O)c1cc(Cl)ccc1C#N. The van der Waals surface area contributed by atoms with Crippen molar-refractivity contribution < 1.29 is 8.42 Å². The second-order valence-corrected chi connectivity index (χ2v) is 7.70. The van der Waals surface area contributed by atoms with Crippen molar-refractivity contribution in [1.29, 1.82) is 5.26 Å². The normalized spacial score (nSPS) is 19.4. The number of piperidine rings is 1. The van der Waals surface area contributed by atoms with Crippen molar-refractivity contribution in [2.45, 2.75) is 17.7 Å². The molecule has 1 aromatic rings. The molecule has 0 spiro atoms. The number of hydrogen-bond donors (Lipinski definition) is 1. The molecule has 0 saturated carbocycles. The Bertz CT molecular complexity index is 649. The van der Waals surface area contributed by atoms with E-state index in [0.29, 0.717) is 17.5 Å². The molecule has 1 saturated heterocycles. The van der Waals surface area contributed by atoms with E-state index in [1.807, 2.05) is 6.07 Å². The smallest absolute Gasteiger partial charge is 0.244 e. The first-order chi connectivity index (χ1) is 9.95. The quantitative estimate of drug-likeness (QED) is 0.915. The van der Waals surface area contributed by atoms with Crippen LogP contribution in [0.1, 0.15) is 18.4 Å². The minimum atomic E-state index is -3.71. The lowest BCUT2D eigenvalue weighted by atomic mass is 10.00. The van der Waals surface area contributed by atoms with E-state index in [1.165, 1.54) is 22.5 Å². The average Bonchev–Trinajstić information content (AvgIpc) is 2.48. The molecule has 0 aromatic heterocycles. The van der Waals surface area contributed by atoms with Crippen molar-refractivity contribution in [3.63, 3.8) is 0 Å². The predicted octanol–water partition coefficient (Wildman–Crippen LogP) is 1.83. The summed E-state index contributed by atoms with van der Waals surface area (Å²) in [6, 6.07) is 6.20. The summed E-state index contributed by atoms with van der Waals surface area (Å²) < 4.78 is 26.6. The number of nitrogens with zero attached hydrogens (tertiary/aromatic N) is 2. The fourth-order valence-corrected chi connectivity index (χ4v) is 4.16. The molecule has 21 heavy (non-hydrogen) atoms. The van der Waals surface area contributed by atoms with Crippen LogP contribution in [0.5, 0.6) is 0 Å². The predicted molar refractivity (Wildman–Crippen MR) is 81.6 cm³/mol. The van der Waals surface area contributed by atoms with Crippen LogP contribution in [0.2, 0.25) is 5.02 Å². The molecule has 114 valence electrons. The lowest BCUT2D eigenvalue weighted by molar-refractivity contribution is 0.314. The lowest BCUT2D eigenvalue weighted by Gasteiger charge is -2.27. The third-order valence-corrected chi connectivity index (χ3v) is 5.76. The Labute approximate surface area is 130 Å². The summed E-state index contributed by atoms with van der Waals surface area (Å²) in [6.07, 6.45) is 2.06. The first-order valence-electron chi connectivity index (χ1n) is 6.82. The van der Waals surface area contributed by atoms with Gasteiger partial charge in [0.1, 0.15) is 11.0 Å². The summed E-state index contributed by atoms with van der Waals surface area (Å²) in [4.78, 5) is -0.0243. The number of sulfonamides is 1. The van der Waals surface area contributed by atoms with Gasteiger partial charge in [0.15, 0.2) is 0 Å². The standard InChI is InChI=1S/C14H18ClN3O2S/c1-18(10-11-3-2-6-17-9-11)21(19,20)14-7-13(15)5-4-12(14)8-16/h4-5,7,11,17H,2-3,6,9-10H2,1H3. The van der Waals surface area contributed by atoms with Crippen LogP contribution >= 0.6 is 11.6 Å². The number of halogens is 1. The highest BCUT2D eigenvalue weighted by Gasteiger charge is 2.27. The minimum Gasteiger partial charge on any atom is -0.316 e. The second kappa shape index (κ2) is 6.75. The molecule has 1 aromatic carbocycles. The zero-order chi connectivity index (χ0) is 15.5. The van der Waals surface area contributed by atoms with E-state index in [2.05, 4.69) is 5.32 Å². The molecular formula is C14H18ClN3O2S. The van der Waals surface area contributed by atoms with Crippen molar-refractivity contribution in [3.05, 3.63) is 28.8 Å². The first-order valence-corrected chi connectivity index (χ1v) is 8.63. The molecule has 7 heteroatoms. The van der Waals surface area contributed by atoms with Crippen molar-refractivity contribution in [1.82, 2.24) is 9.62 Å². The van der Waals surface area contributed by atoms with Crippen LogP contribution in [-0.2, 0) is 10.0 Å². The highest BCUT2D eigenvalue weighted by atomic mass is 35.5. The van der Waals surface area contributed by atoms with E-state index in [9.17, 15) is 8.42 Å². The molecule has 2 rings (SSSR count). The number of benzene rings is 1. The van der Waals surface area contributed by atoms with Crippen LogP contribution < -0.4 is 5.32 Å². The number of nitrogens with one attached hydrogen (secondary N) is 1. The van der Waals surface area contributed by atoms with Gasteiger partial charge in [-0.3, -0.25) is 0 Å². The van der Waals surface area contributed by atoms with E-state index < -0.39 is 10.0 Å². The molecule has 1 unspecified atom stereocenters. The molecule has 0 radical (unpaired) electrons. The van der Waals surface area contributed by atoms with E-state index in [4.69, 9.17) is 16.9 Å². The van der Waals surface area contributed by atoms with Gasteiger partial charge in [0, 0.05) is 18.6 Å². The Hall–Kier alpha value is -1.13.